The summed E-state index contributed by atoms with van der Waals surface area (Å²) in [5.41, 5.74) is -1.46. The number of halogens is 4. The number of alkyl halides is 4. The summed E-state index contributed by atoms with van der Waals surface area (Å²) in [5, 5.41) is 10.8. The number of rotatable bonds is 4. The van der Waals surface area contributed by atoms with Crippen LogP contribution < -0.4 is 4.90 Å². The fourth-order valence-corrected chi connectivity index (χ4v) is 2.40. The van der Waals surface area contributed by atoms with E-state index in [0.29, 0.717) is 32.2 Å². The molecule has 1 aromatic rings. The van der Waals surface area contributed by atoms with Crippen LogP contribution in [-0.4, -0.2) is 49.2 Å². The van der Waals surface area contributed by atoms with Crippen LogP contribution in [0.4, 0.5) is 28.9 Å². The van der Waals surface area contributed by atoms with Gasteiger partial charge in [0.05, 0.1) is 10.5 Å². The maximum Gasteiger partial charge on any atom is 0.416 e. The van der Waals surface area contributed by atoms with Gasteiger partial charge in [0.25, 0.3) is 5.69 Å². The lowest BCUT2D eigenvalue weighted by atomic mass is 10.1. The van der Waals surface area contributed by atoms with E-state index < -0.39 is 29.0 Å². The molecular weight excluding hydrogens is 306 g/mol. The summed E-state index contributed by atoms with van der Waals surface area (Å²) in [5.74, 6) is 0. The van der Waals surface area contributed by atoms with Crippen LogP contribution in [0.25, 0.3) is 0 Å². The third-order valence-electron chi connectivity index (χ3n) is 3.58. The third kappa shape index (κ3) is 3.85. The molecule has 0 spiro atoms. The molecule has 5 nitrogen and oxygen atoms in total. The minimum Gasteiger partial charge on any atom is -0.369 e. The molecule has 122 valence electrons. The van der Waals surface area contributed by atoms with Crippen molar-refractivity contribution < 1.29 is 22.5 Å². The Bertz CT molecular complexity index is 543. The van der Waals surface area contributed by atoms with Gasteiger partial charge in [0.15, 0.2) is 0 Å². The second kappa shape index (κ2) is 6.47. The highest BCUT2D eigenvalue weighted by Crippen LogP contribution is 2.35. The number of nitro benzene ring substituents is 1. The molecule has 0 atom stereocenters. The van der Waals surface area contributed by atoms with Crippen molar-refractivity contribution in [3.63, 3.8) is 0 Å². The van der Waals surface area contributed by atoms with Gasteiger partial charge in [0.2, 0.25) is 0 Å². The zero-order valence-corrected chi connectivity index (χ0v) is 11.6. The maximum absolute atomic E-state index is 12.8. The molecule has 0 N–H and O–H groups in total. The molecule has 0 saturated carbocycles. The van der Waals surface area contributed by atoms with E-state index in [-0.39, 0.29) is 12.2 Å². The first-order valence-corrected chi connectivity index (χ1v) is 6.71. The van der Waals surface area contributed by atoms with Crippen molar-refractivity contribution in [2.45, 2.75) is 6.18 Å². The van der Waals surface area contributed by atoms with E-state index in [2.05, 4.69) is 0 Å². The van der Waals surface area contributed by atoms with Gasteiger partial charge in [-0.3, -0.25) is 15.0 Å². The molecule has 9 heteroatoms. The molecule has 0 unspecified atom stereocenters. The highest BCUT2D eigenvalue weighted by molar-refractivity contribution is 5.56. The van der Waals surface area contributed by atoms with Crippen molar-refractivity contribution in [1.29, 1.82) is 0 Å². The number of hydrogen-bond donors (Lipinski definition) is 0. The average molecular weight is 321 g/mol. The molecule has 0 bridgehead atoms. The van der Waals surface area contributed by atoms with Crippen LogP contribution in [0.3, 0.4) is 0 Å². The Morgan fingerprint density at radius 1 is 1.14 bits per heavy atom. The van der Waals surface area contributed by atoms with Crippen molar-refractivity contribution in [2.24, 2.45) is 0 Å². The van der Waals surface area contributed by atoms with Gasteiger partial charge < -0.3 is 4.90 Å². The maximum atomic E-state index is 12.8. The van der Waals surface area contributed by atoms with Gasteiger partial charge in [-0.25, -0.2) is 4.39 Å². The minimum atomic E-state index is -4.64. The second-order valence-electron chi connectivity index (χ2n) is 5.01. The van der Waals surface area contributed by atoms with E-state index in [1.165, 1.54) is 0 Å². The highest BCUT2D eigenvalue weighted by Gasteiger charge is 2.33. The SMILES string of the molecule is O=[N+]([O-])c1cc(N2CCN(CCF)CC2)cc(C(F)(F)F)c1. The lowest BCUT2D eigenvalue weighted by Crippen LogP contribution is -2.47. The molecule has 2 rings (SSSR count). The number of non-ortho nitro benzene ring substituents is 1. The fourth-order valence-electron chi connectivity index (χ4n) is 2.40. The van der Waals surface area contributed by atoms with E-state index >= 15 is 0 Å². The van der Waals surface area contributed by atoms with E-state index in [9.17, 15) is 27.7 Å². The average Bonchev–Trinajstić information content (AvgIpc) is 2.47. The number of piperazine rings is 1. The Hall–Kier alpha value is -1.90. The summed E-state index contributed by atoms with van der Waals surface area (Å²) in [6.45, 7) is 1.63. The molecule has 0 amide bonds. The predicted octanol–water partition coefficient (Wildman–Crippen LogP) is 2.71. The van der Waals surface area contributed by atoms with Crippen LogP contribution in [-0.2, 0) is 6.18 Å². The Morgan fingerprint density at radius 2 is 1.77 bits per heavy atom. The smallest absolute Gasteiger partial charge is 0.369 e. The van der Waals surface area contributed by atoms with Crippen molar-refractivity contribution in [3.8, 4) is 0 Å². The first kappa shape index (κ1) is 16.5. The number of benzene rings is 1. The monoisotopic (exact) mass is 321 g/mol. The van der Waals surface area contributed by atoms with Gasteiger partial charge >= 0.3 is 6.18 Å². The van der Waals surface area contributed by atoms with Gasteiger partial charge in [-0.2, -0.15) is 13.2 Å². The van der Waals surface area contributed by atoms with Crippen LogP contribution >= 0.6 is 0 Å². The van der Waals surface area contributed by atoms with E-state index in [1.54, 1.807) is 4.90 Å². The second-order valence-corrected chi connectivity index (χ2v) is 5.01. The third-order valence-corrected chi connectivity index (χ3v) is 3.58. The Balaban J connectivity index is 2.24. The molecule has 1 saturated heterocycles. The molecule has 22 heavy (non-hydrogen) atoms. The van der Waals surface area contributed by atoms with Gasteiger partial charge in [-0.15, -0.1) is 0 Å². The Morgan fingerprint density at radius 3 is 2.27 bits per heavy atom. The molecule has 0 aliphatic carbocycles. The lowest BCUT2D eigenvalue weighted by molar-refractivity contribution is -0.385. The molecule has 0 aromatic heterocycles. The lowest BCUT2D eigenvalue weighted by Gasteiger charge is -2.35. The summed E-state index contributed by atoms with van der Waals surface area (Å²) >= 11 is 0. The van der Waals surface area contributed by atoms with E-state index in [4.69, 9.17) is 0 Å². The zero-order chi connectivity index (χ0) is 16.3. The van der Waals surface area contributed by atoms with Crippen LogP contribution in [0, 0.1) is 10.1 Å². The number of nitrogens with zero attached hydrogens (tertiary/aromatic N) is 3. The summed E-state index contributed by atoms with van der Waals surface area (Å²) in [6.07, 6.45) is -4.64. The number of nitro groups is 1. The summed E-state index contributed by atoms with van der Waals surface area (Å²) < 4.78 is 50.8. The summed E-state index contributed by atoms with van der Waals surface area (Å²) in [6, 6.07) is 2.58. The van der Waals surface area contributed by atoms with Crippen LogP contribution in [0.15, 0.2) is 18.2 Å². The molecule has 1 aromatic carbocycles. The van der Waals surface area contributed by atoms with Gasteiger partial charge in [-0.1, -0.05) is 0 Å². The van der Waals surface area contributed by atoms with Gasteiger partial charge in [-0.05, 0) is 6.07 Å². The number of hydrogen-bond acceptors (Lipinski definition) is 4. The molecule has 1 aliphatic heterocycles. The quantitative estimate of drug-likeness (QED) is 0.486. The summed E-state index contributed by atoms with van der Waals surface area (Å²) in [7, 11) is 0. The predicted molar refractivity (Wildman–Crippen MR) is 72.7 cm³/mol. The zero-order valence-electron chi connectivity index (χ0n) is 11.6. The van der Waals surface area contributed by atoms with Crippen molar-refractivity contribution in [3.05, 3.63) is 33.9 Å². The van der Waals surface area contributed by atoms with E-state index in [0.717, 1.165) is 12.1 Å². The number of anilines is 1. The van der Waals surface area contributed by atoms with Gasteiger partial charge in [0.1, 0.15) is 6.67 Å². The van der Waals surface area contributed by atoms with Crippen molar-refractivity contribution in [2.75, 3.05) is 44.3 Å². The summed E-state index contributed by atoms with van der Waals surface area (Å²) in [4.78, 5) is 13.5. The molecule has 1 aliphatic rings. The molecule has 1 fully saturated rings. The van der Waals surface area contributed by atoms with Crippen molar-refractivity contribution >= 4 is 11.4 Å². The van der Waals surface area contributed by atoms with Crippen molar-refractivity contribution in [1.82, 2.24) is 4.90 Å². The Kier molecular flexibility index (Phi) is 4.84. The first-order valence-electron chi connectivity index (χ1n) is 6.71. The normalized spacial score (nSPS) is 16.8. The van der Waals surface area contributed by atoms with Crippen LogP contribution in [0.2, 0.25) is 0 Å². The molecule has 1 heterocycles. The minimum absolute atomic E-state index is 0.168. The topological polar surface area (TPSA) is 49.6 Å². The van der Waals surface area contributed by atoms with Gasteiger partial charge in [0, 0.05) is 50.5 Å². The van der Waals surface area contributed by atoms with Crippen LogP contribution in [0.5, 0.6) is 0 Å². The molecular formula is C13H15F4N3O2. The largest absolute Gasteiger partial charge is 0.416 e. The standard InChI is InChI=1S/C13H15F4N3O2/c14-1-2-18-3-5-19(6-4-18)11-7-10(13(15,16)17)8-12(9-11)20(21)22/h7-9H,1-6H2. The fraction of sp³-hybridized carbons (Fsp3) is 0.538. The Labute approximate surface area is 124 Å². The molecule has 0 radical (unpaired) electrons. The van der Waals surface area contributed by atoms with Crippen LogP contribution in [0.1, 0.15) is 5.56 Å². The highest BCUT2D eigenvalue weighted by atomic mass is 19.4. The first-order chi connectivity index (χ1) is 10.3. The van der Waals surface area contributed by atoms with E-state index in [1.807, 2.05) is 4.90 Å².